The molecule has 1 aliphatic carbocycles. The SMILES string of the molecule is Cn1nc(-c2ccc(C(=O)N3CC4(C3)CC(F)(F)C4)cc2)nc1Nc1ccc(-c2ccnc(N)n2)cc1. The molecular weight excluding hydrogens is 478 g/mol. The molecule has 0 unspecified atom stereocenters. The molecule has 2 fully saturated rings. The third-order valence-corrected chi connectivity index (χ3v) is 6.87. The van der Waals surface area contributed by atoms with Crippen LogP contribution >= 0.6 is 0 Å². The van der Waals surface area contributed by atoms with Crippen molar-refractivity contribution in [2.75, 3.05) is 24.1 Å². The number of nitrogens with zero attached hydrogens (tertiary/aromatic N) is 6. The van der Waals surface area contributed by atoms with E-state index in [0.29, 0.717) is 30.4 Å². The molecule has 1 saturated heterocycles. The highest BCUT2D eigenvalue weighted by Gasteiger charge is 2.62. The topological polar surface area (TPSA) is 115 Å². The van der Waals surface area contributed by atoms with E-state index < -0.39 is 5.92 Å². The number of aromatic nitrogens is 5. The minimum atomic E-state index is -2.57. The van der Waals surface area contributed by atoms with Crippen molar-refractivity contribution in [3.05, 3.63) is 66.4 Å². The Hall–Kier alpha value is -4.41. The molecule has 1 aliphatic heterocycles. The number of rotatable bonds is 5. The third kappa shape index (κ3) is 4.37. The first kappa shape index (κ1) is 23.0. The van der Waals surface area contributed by atoms with Gasteiger partial charge in [0, 0.05) is 67.0 Å². The molecule has 37 heavy (non-hydrogen) atoms. The van der Waals surface area contributed by atoms with Crippen molar-refractivity contribution >= 4 is 23.5 Å². The molecule has 11 heteroatoms. The van der Waals surface area contributed by atoms with E-state index in [1.165, 1.54) is 0 Å². The maximum absolute atomic E-state index is 13.2. The molecule has 0 atom stereocenters. The van der Waals surface area contributed by atoms with Gasteiger partial charge in [-0.25, -0.2) is 23.4 Å². The van der Waals surface area contributed by atoms with E-state index in [1.54, 1.807) is 53.2 Å². The van der Waals surface area contributed by atoms with Crippen LogP contribution in [0.25, 0.3) is 22.6 Å². The van der Waals surface area contributed by atoms with Crippen molar-refractivity contribution in [2.45, 2.75) is 18.8 Å². The number of carbonyl (C=O) groups is 1. The molecule has 1 saturated carbocycles. The summed E-state index contributed by atoms with van der Waals surface area (Å²) in [7, 11) is 1.79. The highest BCUT2D eigenvalue weighted by Crippen LogP contribution is 2.56. The van der Waals surface area contributed by atoms with Crippen molar-refractivity contribution in [3.63, 3.8) is 0 Å². The zero-order valence-corrected chi connectivity index (χ0v) is 20.0. The molecule has 0 radical (unpaired) electrons. The first-order valence-corrected chi connectivity index (χ1v) is 11.8. The van der Waals surface area contributed by atoms with Crippen LogP contribution in [0.3, 0.4) is 0 Å². The molecule has 3 heterocycles. The fourth-order valence-electron chi connectivity index (χ4n) is 5.12. The number of halogens is 2. The maximum atomic E-state index is 13.2. The highest BCUT2D eigenvalue weighted by molar-refractivity contribution is 5.95. The van der Waals surface area contributed by atoms with Crippen LogP contribution in [0.4, 0.5) is 26.4 Å². The Labute approximate surface area is 211 Å². The Balaban J connectivity index is 1.11. The van der Waals surface area contributed by atoms with Gasteiger partial charge in [-0.1, -0.05) is 24.3 Å². The average molecular weight is 503 g/mol. The number of nitrogen functional groups attached to an aromatic ring is 1. The predicted molar refractivity (Wildman–Crippen MR) is 134 cm³/mol. The van der Waals surface area contributed by atoms with E-state index in [0.717, 1.165) is 22.5 Å². The Morgan fingerprint density at radius 3 is 2.30 bits per heavy atom. The molecule has 3 N–H and O–H groups in total. The summed E-state index contributed by atoms with van der Waals surface area (Å²) < 4.78 is 28.1. The molecule has 1 spiro atoms. The summed E-state index contributed by atoms with van der Waals surface area (Å²) in [6, 6.07) is 16.5. The quantitative estimate of drug-likeness (QED) is 0.422. The second-order valence-electron chi connectivity index (χ2n) is 9.83. The summed E-state index contributed by atoms with van der Waals surface area (Å²) in [4.78, 5) is 27.1. The minimum absolute atomic E-state index is 0.119. The Kier molecular flexibility index (Phi) is 5.18. The number of hydrogen-bond donors (Lipinski definition) is 2. The van der Waals surface area contributed by atoms with Gasteiger partial charge in [-0.05, 0) is 30.3 Å². The van der Waals surface area contributed by atoms with Gasteiger partial charge < -0.3 is 16.0 Å². The van der Waals surface area contributed by atoms with Gasteiger partial charge in [0.05, 0.1) is 5.69 Å². The van der Waals surface area contributed by atoms with E-state index in [9.17, 15) is 13.6 Å². The summed E-state index contributed by atoms with van der Waals surface area (Å²) in [5.41, 5.74) is 9.03. The van der Waals surface area contributed by atoms with Crippen molar-refractivity contribution in [2.24, 2.45) is 12.5 Å². The Morgan fingerprint density at radius 1 is 0.973 bits per heavy atom. The van der Waals surface area contributed by atoms with Crippen LogP contribution in [0.5, 0.6) is 0 Å². The second-order valence-corrected chi connectivity index (χ2v) is 9.83. The van der Waals surface area contributed by atoms with Crippen LogP contribution in [0, 0.1) is 5.41 Å². The zero-order chi connectivity index (χ0) is 25.8. The number of alkyl halides is 2. The largest absolute Gasteiger partial charge is 0.368 e. The van der Waals surface area contributed by atoms with Gasteiger partial charge in [0.15, 0.2) is 5.82 Å². The zero-order valence-electron chi connectivity index (χ0n) is 20.0. The Bertz CT molecular complexity index is 1470. The van der Waals surface area contributed by atoms with E-state index in [4.69, 9.17) is 5.73 Å². The molecule has 4 aromatic rings. The van der Waals surface area contributed by atoms with Gasteiger partial charge in [0.2, 0.25) is 17.8 Å². The normalized spacial score (nSPS) is 17.2. The van der Waals surface area contributed by atoms with Gasteiger partial charge >= 0.3 is 0 Å². The summed E-state index contributed by atoms with van der Waals surface area (Å²) in [5.74, 6) is -1.43. The van der Waals surface area contributed by atoms with Gasteiger partial charge in [0.1, 0.15) is 0 Å². The first-order chi connectivity index (χ1) is 17.7. The highest BCUT2D eigenvalue weighted by atomic mass is 19.3. The second kappa shape index (κ2) is 8.32. The molecule has 2 aromatic carbocycles. The number of nitrogens with one attached hydrogen (secondary N) is 1. The number of amides is 1. The van der Waals surface area contributed by atoms with E-state index in [-0.39, 0.29) is 30.1 Å². The third-order valence-electron chi connectivity index (χ3n) is 6.87. The van der Waals surface area contributed by atoms with Gasteiger partial charge in [-0.15, -0.1) is 5.10 Å². The number of likely N-dealkylation sites (tertiary alicyclic amines) is 1. The molecule has 188 valence electrons. The van der Waals surface area contributed by atoms with Crippen molar-refractivity contribution in [3.8, 4) is 22.6 Å². The lowest BCUT2D eigenvalue weighted by molar-refractivity contribution is -0.203. The van der Waals surface area contributed by atoms with Crippen LogP contribution in [0.15, 0.2) is 60.8 Å². The summed E-state index contributed by atoms with van der Waals surface area (Å²) in [5, 5.41) is 7.74. The summed E-state index contributed by atoms with van der Waals surface area (Å²) in [6.45, 7) is 0.794. The molecule has 2 aromatic heterocycles. The lowest BCUT2D eigenvalue weighted by atomic mass is 9.61. The number of aryl methyl sites for hydroxylation is 1. The summed E-state index contributed by atoms with van der Waals surface area (Å²) in [6.07, 6.45) is 1.38. The van der Waals surface area contributed by atoms with E-state index >= 15 is 0 Å². The van der Waals surface area contributed by atoms with Crippen LogP contribution in [-0.2, 0) is 7.05 Å². The molecule has 0 bridgehead atoms. The maximum Gasteiger partial charge on any atom is 0.253 e. The lowest BCUT2D eigenvalue weighted by Crippen LogP contribution is -2.66. The number of carbonyl (C=O) groups excluding carboxylic acids is 1. The number of hydrogen-bond acceptors (Lipinski definition) is 7. The Morgan fingerprint density at radius 2 is 1.65 bits per heavy atom. The average Bonchev–Trinajstić information content (AvgIpc) is 3.21. The molecule has 1 amide bonds. The lowest BCUT2D eigenvalue weighted by Gasteiger charge is -2.58. The first-order valence-electron chi connectivity index (χ1n) is 11.8. The molecule has 9 nitrogen and oxygen atoms in total. The molecular formula is C26H24F2N8O. The van der Waals surface area contributed by atoms with Crippen molar-refractivity contribution < 1.29 is 13.6 Å². The predicted octanol–water partition coefficient (Wildman–Crippen LogP) is 4.14. The summed E-state index contributed by atoms with van der Waals surface area (Å²) >= 11 is 0. The fourth-order valence-corrected chi connectivity index (χ4v) is 5.12. The standard InChI is InChI=1S/C26H24F2N8O/c1-35-24(31-19-8-6-16(7-9-19)20-10-11-30-23(29)32-20)33-21(34-35)17-2-4-18(5-3-17)22(37)36-14-25(15-36)12-26(27,28)13-25/h2-11H,12-15H2,1H3,(H2,29,30,32)(H,31,33,34). The smallest absolute Gasteiger partial charge is 0.253 e. The van der Waals surface area contributed by atoms with E-state index in [1.807, 2.05) is 24.3 Å². The van der Waals surface area contributed by atoms with Crippen LogP contribution < -0.4 is 11.1 Å². The van der Waals surface area contributed by atoms with Crippen molar-refractivity contribution in [1.29, 1.82) is 0 Å². The van der Waals surface area contributed by atoms with Crippen LogP contribution in [-0.4, -0.2) is 54.6 Å². The van der Waals surface area contributed by atoms with Gasteiger partial charge in [0.25, 0.3) is 5.91 Å². The number of nitrogens with two attached hydrogens (primary N) is 1. The number of benzene rings is 2. The fraction of sp³-hybridized carbons (Fsp3) is 0.269. The van der Waals surface area contributed by atoms with Crippen LogP contribution in [0.1, 0.15) is 23.2 Å². The van der Waals surface area contributed by atoms with Crippen molar-refractivity contribution in [1.82, 2.24) is 29.6 Å². The monoisotopic (exact) mass is 502 g/mol. The van der Waals surface area contributed by atoms with E-state index in [2.05, 4.69) is 25.4 Å². The number of anilines is 3. The van der Waals surface area contributed by atoms with Crippen LogP contribution in [0.2, 0.25) is 0 Å². The van der Waals surface area contributed by atoms with Gasteiger partial charge in [-0.3, -0.25) is 4.79 Å². The van der Waals surface area contributed by atoms with Gasteiger partial charge in [-0.2, -0.15) is 4.98 Å². The molecule has 2 aliphatic rings. The molecule has 6 rings (SSSR count). The minimum Gasteiger partial charge on any atom is -0.368 e.